The summed E-state index contributed by atoms with van der Waals surface area (Å²) in [6, 6.07) is 0. The molecule has 5 heteroatoms. The first-order chi connectivity index (χ1) is 6.08. The average molecular weight is 195 g/mol. The van der Waals surface area contributed by atoms with E-state index >= 15 is 0 Å². The van der Waals surface area contributed by atoms with Crippen LogP contribution < -0.4 is 5.73 Å². The second kappa shape index (κ2) is 4.30. The highest BCUT2D eigenvalue weighted by Gasteiger charge is 2.42. The number of ether oxygens (including phenoxy) is 1. The first-order valence-corrected chi connectivity index (χ1v) is 4.41. The van der Waals surface area contributed by atoms with E-state index in [9.17, 15) is 13.9 Å². The van der Waals surface area contributed by atoms with E-state index < -0.39 is 18.6 Å². The van der Waals surface area contributed by atoms with Crippen LogP contribution in [0.5, 0.6) is 0 Å². The number of alkyl halides is 2. The van der Waals surface area contributed by atoms with Gasteiger partial charge >= 0.3 is 0 Å². The van der Waals surface area contributed by atoms with Gasteiger partial charge in [-0.2, -0.15) is 0 Å². The van der Waals surface area contributed by atoms with Gasteiger partial charge in [-0.05, 0) is 18.8 Å². The number of rotatable bonds is 3. The Morgan fingerprint density at radius 1 is 1.46 bits per heavy atom. The fourth-order valence-corrected chi connectivity index (χ4v) is 1.50. The van der Waals surface area contributed by atoms with Gasteiger partial charge in [0.05, 0.1) is 6.54 Å². The SMILES string of the molecule is NCC(F)(F)C(O)C1CCOCC1. The first-order valence-electron chi connectivity index (χ1n) is 4.41. The van der Waals surface area contributed by atoms with Gasteiger partial charge in [-0.15, -0.1) is 0 Å². The highest BCUT2D eigenvalue weighted by molar-refractivity contribution is 4.84. The Bertz CT molecular complexity index is 160. The molecule has 13 heavy (non-hydrogen) atoms. The topological polar surface area (TPSA) is 55.5 Å². The fourth-order valence-electron chi connectivity index (χ4n) is 1.50. The number of aliphatic hydroxyl groups excluding tert-OH is 1. The second-order valence-corrected chi connectivity index (χ2v) is 3.36. The standard InChI is InChI=1S/C8H15F2NO2/c9-8(10,5-11)7(12)6-1-3-13-4-2-6/h6-7,12H,1-5,11H2. The van der Waals surface area contributed by atoms with E-state index in [1.807, 2.05) is 0 Å². The molecule has 1 aliphatic rings. The summed E-state index contributed by atoms with van der Waals surface area (Å²) in [5.74, 6) is -3.55. The van der Waals surface area contributed by atoms with Crippen LogP contribution in [-0.4, -0.2) is 36.9 Å². The largest absolute Gasteiger partial charge is 0.387 e. The van der Waals surface area contributed by atoms with Gasteiger partial charge in [-0.3, -0.25) is 0 Å². The molecule has 1 fully saturated rings. The zero-order valence-electron chi connectivity index (χ0n) is 7.38. The third kappa shape index (κ3) is 2.59. The molecule has 0 aromatic carbocycles. The minimum absolute atomic E-state index is 0.382. The lowest BCUT2D eigenvalue weighted by Gasteiger charge is -2.31. The number of hydrogen-bond acceptors (Lipinski definition) is 3. The Morgan fingerprint density at radius 2 is 2.00 bits per heavy atom. The van der Waals surface area contributed by atoms with Crippen molar-refractivity contribution >= 4 is 0 Å². The molecule has 3 nitrogen and oxygen atoms in total. The summed E-state index contributed by atoms with van der Waals surface area (Å²) in [6.07, 6.45) is -0.658. The quantitative estimate of drug-likeness (QED) is 0.684. The molecule has 1 heterocycles. The zero-order valence-corrected chi connectivity index (χ0v) is 7.38. The van der Waals surface area contributed by atoms with Gasteiger partial charge in [-0.1, -0.05) is 0 Å². The van der Waals surface area contributed by atoms with Crippen LogP contribution in [0.25, 0.3) is 0 Å². The predicted octanol–water partition coefficient (Wildman–Crippen LogP) is 0.368. The molecule has 0 saturated carbocycles. The normalized spacial score (nSPS) is 23.1. The summed E-state index contributed by atoms with van der Waals surface area (Å²) in [5.41, 5.74) is 4.87. The lowest BCUT2D eigenvalue weighted by Crippen LogP contribution is -2.46. The van der Waals surface area contributed by atoms with E-state index in [2.05, 4.69) is 0 Å². The molecular weight excluding hydrogens is 180 g/mol. The van der Waals surface area contributed by atoms with E-state index in [0.29, 0.717) is 26.1 Å². The smallest absolute Gasteiger partial charge is 0.285 e. The monoisotopic (exact) mass is 195 g/mol. The lowest BCUT2D eigenvalue weighted by molar-refractivity contribution is -0.138. The van der Waals surface area contributed by atoms with Crippen LogP contribution >= 0.6 is 0 Å². The molecule has 78 valence electrons. The summed E-state index contributed by atoms with van der Waals surface area (Å²) < 4.78 is 30.8. The minimum atomic E-state index is -3.16. The Kier molecular flexibility index (Phi) is 3.58. The first kappa shape index (κ1) is 10.8. The van der Waals surface area contributed by atoms with Crippen LogP contribution in [0.1, 0.15) is 12.8 Å². The summed E-state index contributed by atoms with van der Waals surface area (Å²) in [4.78, 5) is 0. The summed E-state index contributed by atoms with van der Waals surface area (Å²) in [7, 11) is 0. The van der Waals surface area contributed by atoms with Crippen molar-refractivity contribution in [3.8, 4) is 0 Å². The van der Waals surface area contributed by atoms with Gasteiger partial charge in [0.25, 0.3) is 5.92 Å². The molecule has 0 radical (unpaired) electrons. The maximum Gasteiger partial charge on any atom is 0.285 e. The van der Waals surface area contributed by atoms with E-state index in [1.54, 1.807) is 0 Å². The third-order valence-electron chi connectivity index (χ3n) is 2.42. The average Bonchev–Trinajstić information content (AvgIpc) is 2.18. The van der Waals surface area contributed by atoms with Crippen molar-refractivity contribution in [3.05, 3.63) is 0 Å². The summed E-state index contributed by atoms with van der Waals surface area (Å²) in [6.45, 7) is 0.0935. The molecule has 0 amide bonds. The van der Waals surface area contributed by atoms with E-state index in [4.69, 9.17) is 10.5 Å². The lowest BCUT2D eigenvalue weighted by atomic mass is 9.90. The molecule has 1 saturated heterocycles. The summed E-state index contributed by atoms with van der Waals surface area (Å²) in [5, 5.41) is 9.32. The van der Waals surface area contributed by atoms with Crippen molar-refractivity contribution in [2.75, 3.05) is 19.8 Å². The van der Waals surface area contributed by atoms with Gasteiger partial charge in [-0.25, -0.2) is 8.78 Å². The van der Waals surface area contributed by atoms with Crippen LogP contribution in [0.4, 0.5) is 8.78 Å². The molecule has 1 rings (SSSR count). The fraction of sp³-hybridized carbons (Fsp3) is 1.00. The van der Waals surface area contributed by atoms with Crippen molar-refractivity contribution in [1.29, 1.82) is 0 Å². The van der Waals surface area contributed by atoms with Crippen molar-refractivity contribution < 1.29 is 18.6 Å². The van der Waals surface area contributed by atoms with Gasteiger partial charge in [0.2, 0.25) is 0 Å². The van der Waals surface area contributed by atoms with Crippen LogP contribution in [0.15, 0.2) is 0 Å². The van der Waals surface area contributed by atoms with Crippen LogP contribution in [0, 0.1) is 5.92 Å². The maximum absolute atomic E-state index is 12.9. The highest BCUT2D eigenvalue weighted by atomic mass is 19.3. The molecule has 1 atom stereocenters. The van der Waals surface area contributed by atoms with Gasteiger partial charge in [0.15, 0.2) is 0 Å². The summed E-state index contributed by atoms with van der Waals surface area (Å²) >= 11 is 0. The Balaban J connectivity index is 2.49. The van der Waals surface area contributed by atoms with E-state index in [-0.39, 0.29) is 5.92 Å². The molecular formula is C8H15F2NO2. The van der Waals surface area contributed by atoms with Crippen molar-refractivity contribution in [2.24, 2.45) is 11.7 Å². The Hall–Kier alpha value is -0.260. The predicted molar refractivity (Wildman–Crippen MR) is 43.6 cm³/mol. The van der Waals surface area contributed by atoms with Crippen LogP contribution in [0.3, 0.4) is 0 Å². The van der Waals surface area contributed by atoms with E-state index in [0.717, 1.165) is 0 Å². The van der Waals surface area contributed by atoms with Crippen molar-refractivity contribution in [2.45, 2.75) is 24.9 Å². The van der Waals surface area contributed by atoms with Crippen molar-refractivity contribution in [1.82, 2.24) is 0 Å². The molecule has 0 aromatic heterocycles. The van der Waals surface area contributed by atoms with Crippen molar-refractivity contribution in [3.63, 3.8) is 0 Å². The Morgan fingerprint density at radius 3 is 2.46 bits per heavy atom. The van der Waals surface area contributed by atoms with Gasteiger partial charge < -0.3 is 15.6 Å². The zero-order chi connectivity index (χ0) is 9.90. The molecule has 1 unspecified atom stereocenters. The molecule has 0 aromatic rings. The highest BCUT2D eigenvalue weighted by Crippen LogP contribution is 2.29. The van der Waals surface area contributed by atoms with Gasteiger partial charge in [0, 0.05) is 13.2 Å². The third-order valence-corrected chi connectivity index (χ3v) is 2.42. The molecule has 1 aliphatic heterocycles. The number of aliphatic hydroxyl groups is 1. The van der Waals surface area contributed by atoms with Crippen LogP contribution in [-0.2, 0) is 4.74 Å². The second-order valence-electron chi connectivity index (χ2n) is 3.36. The number of nitrogens with two attached hydrogens (primary N) is 1. The maximum atomic E-state index is 12.9. The number of hydrogen-bond donors (Lipinski definition) is 2. The number of halogens is 2. The molecule has 0 bridgehead atoms. The van der Waals surface area contributed by atoms with Gasteiger partial charge in [0.1, 0.15) is 6.10 Å². The molecule has 0 aliphatic carbocycles. The molecule has 0 spiro atoms. The molecule has 3 N–H and O–H groups in total. The minimum Gasteiger partial charge on any atom is -0.387 e. The van der Waals surface area contributed by atoms with Crippen LogP contribution in [0.2, 0.25) is 0 Å². The Labute approximate surface area is 75.9 Å². The van der Waals surface area contributed by atoms with E-state index in [1.165, 1.54) is 0 Å².